The van der Waals surface area contributed by atoms with E-state index in [9.17, 15) is 9.59 Å². The lowest BCUT2D eigenvalue weighted by Gasteiger charge is -2.19. The van der Waals surface area contributed by atoms with Crippen LogP contribution in [-0.4, -0.2) is 48.8 Å². The van der Waals surface area contributed by atoms with Gasteiger partial charge in [-0.15, -0.1) is 0 Å². The summed E-state index contributed by atoms with van der Waals surface area (Å²) in [5, 5.41) is 8.83. The van der Waals surface area contributed by atoms with Crippen molar-refractivity contribution in [1.29, 1.82) is 0 Å². The molecule has 0 unspecified atom stereocenters. The van der Waals surface area contributed by atoms with Gasteiger partial charge in [-0.3, -0.25) is 9.69 Å². The maximum atomic E-state index is 11.4. The highest BCUT2D eigenvalue weighted by molar-refractivity contribution is 9.10. The Morgan fingerprint density at radius 3 is 2.64 bits per heavy atom. The summed E-state index contributed by atoms with van der Waals surface area (Å²) in [5.41, 5.74) is 1.81. The standard InChI is InChI=1S/C15H20BrNO5/c1-4-21-14(20)9-22-15-11(5-10(2)6-12(15)16)7-17(3)8-13(18)19/h5-6H,4,7-9H2,1-3H3,(H,18,19). The van der Waals surface area contributed by atoms with Gasteiger partial charge < -0.3 is 14.6 Å². The number of carbonyl (C=O) groups excluding carboxylic acids is 1. The monoisotopic (exact) mass is 373 g/mol. The fourth-order valence-corrected chi connectivity index (χ4v) is 2.72. The van der Waals surface area contributed by atoms with Crippen molar-refractivity contribution in [3.63, 3.8) is 0 Å². The van der Waals surface area contributed by atoms with E-state index < -0.39 is 11.9 Å². The van der Waals surface area contributed by atoms with Crippen molar-refractivity contribution in [2.75, 3.05) is 26.8 Å². The van der Waals surface area contributed by atoms with Crippen LogP contribution in [0.5, 0.6) is 5.75 Å². The summed E-state index contributed by atoms with van der Waals surface area (Å²) in [6, 6.07) is 3.78. The maximum absolute atomic E-state index is 11.4. The number of ether oxygens (including phenoxy) is 2. The Bertz CT molecular complexity index is 547. The molecule has 0 aliphatic carbocycles. The molecule has 0 aliphatic rings. The predicted octanol–water partition coefficient (Wildman–Crippen LogP) is 2.22. The molecule has 0 spiro atoms. The summed E-state index contributed by atoms with van der Waals surface area (Å²) in [6.07, 6.45) is 0. The van der Waals surface area contributed by atoms with Crippen LogP contribution < -0.4 is 4.74 Å². The second-order valence-electron chi connectivity index (χ2n) is 4.89. The number of likely N-dealkylation sites (N-methyl/N-ethyl adjacent to an activating group) is 1. The Morgan fingerprint density at radius 2 is 2.05 bits per heavy atom. The second-order valence-corrected chi connectivity index (χ2v) is 5.75. The molecule has 1 aromatic rings. The molecule has 0 aliphatic heterocycles. The molecular weight excluding hydrogens is 354 g/mol. The highest BCUT2D eigenvalue weighted by Crippen LogP contribution is 2.31. The van der Waals surface area contributed by atoms with Gasteiger partial charge in [-0.25, -0.2) is 4.79 Å². The Morgan fingerprint density at radius 1 is 1.36 bits per heavy atom. The van der Waals surface area contributed by atoms with Crippen molar-refractivity contribution in [3.05, 3.63) is 27.7 Å². The Balaban J connectivity index is 2.89. The molecule has 7 heteroatoms. The van der Waals surface area contributed by atoms with E-state index >= 15 is 0 Å². The minimum Gasteiger partial charge on any atom is -0.480 e. The lowest BCUT2D eigenvalue weighted by molar-refractivity contribution is -0.145. The molecule has 122 valence electrons. The second kappa shape index (κ2) is 8.75. The fourth-order valence-electron chi connectivity index (χ4n) is 1.99. The summed E-state index contributed by atoms with van der Waals surface area (Å²) < 4.78 is 11.1. The average Bonchev–Trinajstić information content (AvgIpc) is 2.36. The number of carboxylic acids is 1. The van der Waals surface area contributed by atoms with Crippen LogP contribution in [0.2, 0.25) is 0 Å². The Kier molecular flexibility index (Phi) is 7.34. The molecular formula is C15H20BrNO5. The molecule has 1 N–H and O–H groups in total. The summed E-state index contributed by atoms with van der Waals surface area (Å²) in [6.45, 7) is 4.08. The van der Waals surface area contributed by atoms with Crippen molar-refractivity contribution in [2.24, 2.45) is 0 Å². The molecule has 0 radical (unpaired) electrons. The first-order valence-electron chi connectivity index (χ1n) is 6.81. The highest BCUT2D eigenvalue weighted by atomic mass is 79.9. The number of carbonyl (C=O) groups is 2. The molecule has 0 bridgehead atoms. The molecule has 1 aromatic carbocycles. The summed E-state index contributed by atoms with van der Waals surface area (Å²) in [5.74, 6) is -0.820. The van der Waals surface area contributed by atoms with E-state index in [1.807, 2.05) is 19.1 Å². The first kappa shape index (κ1) is 18.4. The number of hydrogen-bond donors (Lipinski definition) is 1. The zero-order valence-corrected chi connectivity index (χ0v) is 14.5. The third-order valence-corrected chi connectivity index (χ3v) is 3.34. The summed E-state index contributed by atoms with van der Waals surface area (Å²) in [7, 11) is 1.71. The van der Waals surface area contributed by atoms with E-state index in [0.717, 1.165) is 15.6 Å². The van der Waals surface area contributed by atoms with E-state index in [2.05, 4.69) is 15.9 Å². The molecule has 0 saturated heterocycles. The smallest absolute Gasteiger partial charge is 0.344 e. The van der Waals surface area contributed by atoms with E-state index in [4.69, 9.17) is 14.6 Å². The van der Waals surface area contributed by atoms with Crippen LogP contribution in [0.25, 0.3) is 0 Å². The third-order valence-electron chi connectivity index (χ3n) is 2.75. The van der Waals surface area contributed by atoms with Gasteiger partial charge in [-0.05, 0) is 48.5 Å². The molecule has 22 heavy (non-hydrogen) atoms. The van der Waals surface area contributed by atoms with Gasteiger partial charge in [0.25, 0.3) is 0 Å². The summed E-state index contributed by atoms with van der Waals surface area (Å²) in [4.78, 5) is 23.8. The van der Waals surface area contributed by atoms with Crippen LogP contribution >= 0.6 is 15.9 Å². The Hall–Kier alpha value is -1.60. The van der Waals surface area contributed by atoms with Gasteiger partial charge in [0.1, 0.15) is 5.75 Å². The zero-order chi connectivity index (χ0) is 16.7. The number of esters is 1. The summed E-state index contributed by atoms with van der Waals surface area (Å²) >= 11 is 3.42. The van der Waals surface area contributed by atoms with Crippen molar-refractivity contribution < 1.29 is 24.2 Å². The van der Waals surface area contributed by atoms with Gasteiger partial charge in [-0.1, -0.05) is 6.07 Å². The number of rotatable bonds is 8. The van der Waals surface area contributed by atoms with Gasteiger partial charge in [0.05, 0.1) is 17.6 Å². The number of carboxylic acid groups (broad SMARTS) is 1. The molecule has 1 rings (SSSR count). The van der Waals surface area contributed by atoms with Crippen molar-refractivity contribution >= 4 is 27.9 Å². The number of hydrogen-bond acceptors (Lipinski definition) is 5. The zero-order valence-electron chi connectivity index (χ0n) is 12.9. The topological polar surface area (TPSA) is 76.1 Å². The van der Waals surface area contributed by atoms with Gasteiger partial charge >= 0.3 is 11.9 Å². The molecule has 0 aromatic heterocycles. The minimum atomic E-state index is -0.900. The Labute approximate surface area is 138 Å². The van der Waals surface area contributed by atoms with Gasteiger partial charge in [-0.2, -0.15) is 0 Å². The molecule has 0 atom stereocenters. The molecule has 0 saturated carbocycles. The van der Waals surface area contributed by atoms with E-state index in [1.165, 1.54) is 0 Å². The van der Waals surface area contributed by atoms with Crippen LogP contribution in [0.3, 0.4) is 0 Å². The SMILES string of the molecule is CCOC(=O)COc1c(Br)cc(C)cc1CN(C)CC(=O)O. The van der Waals surface area contributed by atoms with Crippen molar-refractivity contribution in [1.82, 2.24) is 4.90 Å². The lowest BCUT2D eigenvalue weighted by atomic mass is 10.1. The normalized spacial score (nSPS) is 10.6. The van der Waals surface area contributed by atoms with Gasteiger partial charge in [0.2, 0.25) is 0 Å². The number of halogens is 1. The van der Waals surface area contributed by atoms with E-state index in [1.54, 1.807) is 18.9 Å². The molecule has 0 fully saturated rings. The van der Waals surface area contributed by atoms with Gasteiger partial charge in [0.15, 0.2) is 6.61 Å². The number of nitrogens with zero attached hydrogens (tertiary/aromatic N) is 1. The fraction of sp³-hybridized carbons (Fsp3) is 0.467. The van der Waals surface area contributed by atoms with Crippen LogP contribution in [-0.2, 0) is 20.9 Å². The number of aryl methyl sites for hydroxylation is 1. The highest BCUT2D eigenvalue weighted by Gasteiger charge is 2.15. The van der Waals surface area contributed by atoms with Crippen molar-refractivity contribution in [3.8, 4) is 5.75 Å². The van der Waals surface area contributed by atoms with Crippen LogP contribution in [0.4, 0.5) is 0 Å². The first-order chi connectivity index (χ1) is 10.3. The van der Waals surface area contributed by atoms with Gasteiger partial charge in [0, 0.05) is 12.1 Å². The molecule has 0 heterocycles. The first-order valence-corrected chi connectivity index (χ1v) is 7.60. The number of aliphatic carboxylic acids is 1. The third kappa shape index (κ3) is 6.03. The molecule has 6 nitrogen and oxygen atoms in total. The average molecular weight is 374 g/mol. The largest absolute Gasteiger partial charge is 0.480 e. The quantitative estimate of drug-likeness (QED) is 0.704. The predicted molar refractivity (Wildman–Crippen MR) is 85.0 cm³/mol. The van der Waals surface area contributed by atoms with Crippen LogP contribution in [0.1, 0.15) is 18.1 Å². The lowest BCUT2D eigenvalue weighted by Crippen LogP contribution is -2.25. The van der Waals surface area contributed by atoms with E-state index in [0.29, 0.717) is 18.9 Å². The van der Waals surface area contributed by atoms with E-state index in [-0.39, 0.29) is 13.2 Å². The minimum absolute atomic E-state index is 0.0805. The van der Waals surface area contributed by atoms with Crippen LogP contribution in [0, 0.1) is 6.92 Å². The van der Waals surface area contributed by atoms with Crippen LogP contribution in [0.15, 0.2) is 16.6 Å². The maximum Gasteiger partial charge on any atom is 0.344 e. The molecule has 0 amide bonds. The number of benzene rings is 1. The van der Waals surface area contributed by atoms with Crippen molar-refractivity contribution in [2.45, 2.75) is 20.4 Å².